The van der Waals surface area contributed by atoms with Gasteiger partial charge in [0.2, 0.25) is 0 Å². The minimum atomic E-state index is 0.449. The summed E-state index contributed by atoms with van der Waals surface area (Å²) in [6.07, 6.45) is 2.92. The first-order chi connectivity index (χ1) is 9.29. The Balaban J connectivity index is 1.72. The molecule has 1 saturated heterocycles. The monoisotopic (exact) mass is 267 g/mol. The molecule has 1 unspecified atom stereocenters. The van der Waals surface area contributed by atoms with Crippen molar-refractivity contribution in [1.29, 1.82) is 0 Å². The lowest BCUT2D eigenvalue weighted by Gasteiger charge is -2.29. The number of rotatable bonds is 7. The number of nitrogens with one attached hydrogen (secondary N) is 1. The van der Waals surface area contributed by atoms with Gasteiger partial charge in [-0.3, -0.25) is 4.90 Å². The topological polar surface area (TPSA) is 55.2 Å². The second-order valence-electron chi connectivity index (χ2n) is 5.14. The average Bonchev–Trinajstić information content (AvgIpc) is 2.85. The molecule has 1 atom stereocenters. The molecule has 1 N–H and O–H groups in total. The predicted molar refractivity (Wildman–Crippen MR) is 73.9 cm³/mol. The number of aryl methyl sites for hydroxylation is 1. The molecule has 1 aromatic heterocycles. The van der Waals surface area contributed by atoms with Gasteiger partial charge >= 0.3 is 0 Å². The van der Waals surface area contributed by atoms with E-state index in [1.165, 1.54) is 0 Å². The molecule has 0 bridgehead atoms. The van der Waals surface area contributed by atoms with Crippen molar-refractivity contribution < 1.29 is 4.74 Å². The van der Waals surface area contributed by atoms with Crippen molar-refractivity contribution in [3.63, 3.8) is 0 Å². The van der Waals surface area contributed by atoms with Crippen molar-refractivity contribution in [3.05, 3.63) is 12.2 Å². The number of morpholine rings is 1. The molecular weight excluding hydrogens is 242 g/mol. The molecule has 1 aliphatic heterocycles. The smallest absolute Gasteiger partial charge is 0.146 e. The highest BCUT2D eigenvalue weighted by Gasteiger charge is 2.14. The molecule has 108 valence electrons. The first-order valence-electron chi connectivity index (χ1n) is 7.19. The highest BCUT2D eigenvalue weighted by molar-refractivity contribution is 4.86. The summed E-state index contributed by atoms with van der Waals surface area (Å²) < 4.78 is 7.48. The van der Waals surface area contributed by atoms with Gasteiger partial charge < -0.3 is 14.6 Å². The van der Waals surface area contributed by atoms with Gasteiger partial charge in [-0.15, -0.1) is 10.2 Å². The van der Waals surface area contributed by atoms with Crippen molar-refractivity contribution in [3.8, 4) is 0 Å². The van der Waals surface area contributed by atoms with E-state index in [9.17, 15) is 0 Å². The van der Waals surface area contributed by atoms with Crippen LogP contribution in [-0.2, 0) is 17.8 Å². The van der Waals surface area contributed by atoms with Crippen LogP contribution in [0.3, 0.4) is 0 Å². The number of hydrogen-bond acceptors (Lipinski definition) is 5. The van der Waals surface area contributed by atoms with Gasteiger partial charge in [-0.2, -0.15) is 0 Å². The van der Waals surface area contributed by atoms with E-state index < -0.39 is 0 Å². The molecule has 1 aliphatic rings. The molecule has 0 spiro atoms. The van der Waals surface area contributed by atoms with E-state index >= 15 is 0 Å². The average molecular weight is 267 g/mol. The van der Waals surface area contributed by atoms with Crippen LogP contribution in [0.25, 0.3) is 0 Å². The fourth-order valence-corrected chi connectivity index (χ4v) is 2.34. The van der Waals surface area contributed by atoms with Crippen LogP contribution in [0.4, 0.5) is 0 Å². The fraction of sp³-hybridized carbons (Fsp3) is 0.846. The number of aromatic nitrogens is 3. The zero-order valence-electron chi connectivity index (χ0n) is 12.0. The summed E-state index contributed by atoms with van der Waals surface area (Å²) in [5.41, 5.74) is 0. The summed E-state index contributed by atoms with van der Waals surface area (Å²) in [4.78, 5) is 2.44. The number of hydrogen-bond donors (Lipinski definition) is 1. The van der Waals surface area contributed by atoms with Gasteiger partial charge in [-0.25, -0.2) is 0 Å². The molecule has 0 saturated carbocycles. The molecule has 2 heterocycles. The van der Waals surface area contributed by atoms with Crippen LogP contribution < -0.4 is 5.32 Å². The summed E-state index contributed by atoms with van der Waals surface area (Å²) in [5, 5.41) is 11.7. The lowest BCUT2D eigenvalue weighted by molar-refractivity contribution is 0.0343. The summed E-state index contributed by atoms with van der Waals surface area (Å²) in [5.74, 6) is 1.02. The third kappa shape index (κ3) is 4.56. The fourth-order valence-electron chi connectivity index (χ4n) is 2.34. The third-order valence-electron chi connectivity index (χ3n) is 3.40. The van der Waals surface area contributed by atoms with Crippen LogP contribution in [0, 0.1) is 0 Å². The molecular formula is C13H25N5O. The van der Waals surface area contributed by atoms with Crippen molar-refractivity contribution in [1.82, 2.24) is 25.0 Å². The molecule has 1 aromatic rings. The van der Waals surface area contributed by atoms with Crippen LogP contribution in [0.2, 0.25) is 0 Å². The Labute approximate surface area is 115 Å². The summed E-state index contributed by atoms with van der Waals surface area (Å²) in [6.45, 7) is 11.0. The van der Waals surface area contributed by atoms with Gasteiger partial charge in [0, 0.05) is 32.2 Å². The molecule has 0 aromatic carbocycles. The zero-order valence-corrected chi connectivity index (χ0v) is 12.0. The number of ether oxygens (including phenoxy) is 1. The minimum absolute atomic E-state index is 0.449. The second-order valence-corrected chi connectivity index (χ2v) is 5.14. The van der Waals surface area contributed by atoms with E-state index in [4.69, 9.17) is 4.74 Å². The van der Waals surface area contributed by atoms with Gasteiger partial charge in [0.25, 0.3) is 0 Å². The van der Waals surface area contributed by atoms with Crippen molar-refractivity contribution >= 4 is 0 Å². The maximum absolute atomic E-state index is 5.36. The number of nitrogens with zero attached hydrogens (tertiary/aromatic N) is 4. The summed E-state index contributed by atoms with van der Waals surface area (Å²) in [6, 6.07) is 0.449. The molecule has 19 heavy (non-hydrogen) atoms. The van der Waals surface area contributed by atoms with Crippen LogP contribution in [0.15, 0.2) is 6.33 Å². The molecule has 2 rings (SSSR count). The minimum Gasteiger partial charge on any atom is -0.379 e. The molecule has 0 radical (unpaired) electrons. The van der Waals surface area contributed by atoms with Gasteiger partial charge in [-0.1, -0.05) is 6.92 Å². The molecule has 6 nitrogen and oxygen atoms in total. The quantitative estimate of drug-likeness (QED) is 0.779. The Kier molecular flexibility index (Phi) is 5.75. The summed E-state index contributed by atoms with van der Waals surface area (Å²) >= 11 is 0. The largest absolute Gasteiger partial charge is 0.379 e. The van der Waals surface area contributed by atoms with E-state index in [1.807, 2.05) is 6.33 Å². The van der Waals surface area contributed by atoms with Crippen LogP contribution in [-0.4, -0.2) is 58.6 Å². The Hall–Kier alpha value is -0.980. The lowest BCUT2D eigenvalue weighted by atomic mass is 10.3. The zero-order chi connectivity index (χ0) is 13.5. The first-order valence-corrected chi connectivity index (χ1v) is 7.19. The molecule has 6 heteroatoms. The second kappa shape index (κ2) is 7.57. The van der Waals surface area contributed by atoms with E-state index in [1.54, 1.807) is 0 Å². The normalized spacial score (nSPS) is 18.6. The van der Waals surface area contributed by atoms with Crippen molar-refractivity contribution in [2.24, 2.45) is 0 Å². The lowest BCUT2D eigenvalue weighted by Crippen LogP contribution is -2.44. The van der Waals surface area contributed by atoms with Crippen LogP contribution in [0.5, 0.6) is 0 Å². The van der Waals surface area contributed by atoms with E-state index in [0.29, 0.717) is 6.04 Å². The van der Waals surface area contributed by atoms with Gasteiger partial charge in [0.15, 0.2) is 0 Å². The first kappa shape index (κ1) is 14.4. The Morgan fingerprint density at radius 1 is 1.42 bits per heavy atom. The van der Waals surface area contributed by atoms with E-state index in [-0.39, 0.29) is 0 Å². The molecule has 1 fully saturated rings. The van der Waals surface area contributed by atoms with Gasteiger partial charge in [0.1, 0.15) is 12.2 Å². The molecule has 0 aliphatic carbocycles. The Morgan fingerprint density at radius 2 is 2.21 bits per heavy atom. The van der Waals surface area contributed by atoms with E-state index in [0.717, 1.165) is 58.2 Å². The standard InChI is InChI=1S/C13H25N5O/c1-3-4-18-11-15-16-13(18)9-14-12(2)10-17-5-7-19-8-6-17/h11-12,14H,3-10H2,1-2H3. The van der Waals surface area contributed by atoms with Gasteiger partial charge in [0.05, 0.1) is 19.8 Å². The van der Waals surface area contributed by atoms with Crippen molar-refractivity contribution in [2.75, 3.05) is 32.8 Å². The SMILES string of the molecule is CCCn1cnnc1CNC(C)CN1CCOCC1. The third-order valence-corrected chi connectivity index (χ3v) is 3.40. The predicted octanol–water partition coefficient (Wildman–Crippen LogP) is 0.498. The highest BCUT2D eigenvalue weighted by atomic mass is 16.5. The van der Waals surface area contributed by atoms with Gasteiger partial charge in [-0.05, 0) is 13.3 Å². The maximum Gasteiger partial charge on any atom is 0.146 e. The van der Waals surface area contributed by atoms with Crippen molar-refractivity contribution in [2.45, 2.75) is 39.4 Å². The van der Waals surface area contributed by atoms with E-state index in [2.05, 4.69) is 38.8 Å². The Morgan fingerprint density at radius 3 is 2.95 bits per heavy atom. The maximum atomic E-state index is 5.36. The van der Waals surface area contributed by atoms with Crippen LogP contribution in [0.1, 0.15) is 26.1 Å². The molecule has 0 amide bonds. The highest BCUT2D eigenvalue weighted by Crippen LogP contribution is 2.01. The summed E-state index contributed by atoms with van der Waals surface area (Å²) in [7, 11) is 0. The Bertz CT molecular complexity index is 362. The van der Waals surface area contributed by atoms with Crippen LogP contribution >= 0.6 is 0 Å².